The highest BCUT2D eigenvalue weighted by Gasteiger charge is 2.32. The number of benzene rings is 1. The normalized spacial score (nSPS) is 22.5. The summed E-state index contributed by atoms with van der Waals surface area (Å²) in [7, 11) is 0. The van der Waals surface area contributed by atoms with Crippen molar-refractivity contribution < 1.29 is 4.79 Å². The van der Waals surface area contributed by atoms with Gasteiger partial charge in [0.05, 0.1) is 15.6 Å². The molecule has 2 saturated heterocycles. The summed E-state index contributed by atoms with van der Waals surface area (Å²) in [6.07, 6.45) is 1.02. The van der Waals surface area contributed by atoms with Crippen LogP contribution in [0, 0.1) is 0 Å². The summed E-state index contributed by atoms with van der Waals surface area (Å²) in [5, 5.41) is 4.21. The zero-order chi connectivity index (χ0) is 14.8. The van der Waals surface area contributed by atoms with Crippen molar-refractivity contribution in [3.63, 3.8) is 0 Å². The van der Waals surface area contributed by atoms with Crippen LogP contribution in [0.2, 0.25) is 10.0 Å². The fourth-order valence-corrected chi connectivity index (χ4v) is 3.69. The Bertz CT molecular complexity index is 515. The summed E-state index contributed by atoms with van der Waals surface area (Å²) in [6, 6.07) is 5.64. The van der Waals surface area contributed by atoms with Crippen molar-refractivity contribution in [3.05, 3.63) is 33.8 Å². The lowest BCUT2D eigenvalue weighted by Crippen LogP contribution is -2.49. The van der Waals surface area contributed by atoms with Crippen molar-refractivity contribution in [2.75, 3.05) is 39.3 Å². The van der Waals surface area contributed by atoms with E-state index in [9.17, 15) is 4.79 Å². The van der Waals surface area contributed by atoms with Gasteiger partial charge in [0.1, 0.15) is 0 Å². The molecule has 0 radical (unpaired) electrons. The van der Waals surface area contributed by atoms with E-state index in [0.717, 1.165) is 45.7 Å². The number of nitrogens with zero attached hydrogens (tertiary/aromatic N) is 2. The maximum absolute atomic E-state index is 12.6. The van der Waals surface area contributed by atoms with Crippen molar-refractivity contribution in [2.24, 2.45) is 0 Å². The number of hydrogen-bond acceptors (Lipinski definition) is 3. The van der Waals surface area contributed by atoms with Gasteiger partial charge in [0.2, 0.25) is 0 Å². The van der Waals surface area contributed by atoms with Gasteiger partial charge in [0.15, 0.2) is 0 Å². The maximum Gasteiger partial charge on any atom is 0.256 e. The number of hydrogen-bond donors (Lipinski definition) is 1. The molecule has 1 atom stereocenters. The Morgan fingerprint density at radius 2 is 1.77 bits per heavy atom. The Kier molecular flexibility index (Phi) is 6.36. The fraction of sp³-hybridized carbons (Fsp3) is 0.533. The SMILES string of the molecule is Cl.O=C(c1c(Cl)cccc1Cl)N1CCC(N2CCNCC2)C1. The summed E-state index contributed by atoms with van der Waals surface area (Å²) in [6.45, 7) is 5.70. The van der Waals surface area contributed by atoms with Gasteiger partial charge < -0.3 is 10.2 Å². The van der Waals surface area contributed by atoms with Crippen molar-refractivity contribution in [2.45, 2.75) is 12.5 Å². The molecule has 1 aromatic rings. The van der Waals surface area contributed by atoms with E-state index in [-0.39, 0.29) is 18.3 Å². The monoisotopic (exact) mass is 363 g/mol. The number of carbonyl (C=O) groups is 1. The van der Waals surface area contributed by atoms with Gasteiger partial charge >= 0.3 is 0 Å². The summed E-state index contributed by atoms with van der Waals surface area (Å²) in [4.78, 5) is 17.0. The first-order chi connectivity index (χ1) is 10.2. The first-order valence-corrected chi connectivity index (χ1v) is 8.10. The van der Waals surface area contributed by atoms with Crippen LogP contribution in [0.4, 0.5) is 0 Å². The largest absolute Gasteiger partial charge is 0.337 e. The van der Waals surface area contributed by atoms with Crippen molar-refractivity contribution in [1.82, 2.24) is 15.1 Å². The molecule has 0 aromatic heterocycles. The van der Waals surface area contributed by atoms with Gasteiger partial charge in [-0.1, -0.05) is 29.3 Å². The van der Waals surface area contributed by atoms with Gasteiger partial charge in [-0.25, -0.2) is 0 Å². The van der Waals surface area contributed by atoms with Gasteiger partial charge in [0.25, 0.3) is 5.91 Å². The Morgan fingerprint density at radius 3 is 2.41 bits per heavy atom. The van der Waals surface area contributed by atoms with E-state index in [4.69, 9.17) is 23.2 Å². The smallest absolute Gasteiger partial charge is 0.256 e. The first-order valence-electron chi connectivity index (χ1n) is 7.35. The van der Waals surface area contributed by atoms with Crippen LogP contribution in [0.25, 0.3) is 0 Å². The van der Waals surface area contributed by atoms with Gasteiger partial charge in [-0.3, -0.25) is 9.69 Å². The topological polar surface area (TPSA) is 35.6 Å². The predicted molar refractivity (Wildman–Crippen MR) is 92.5 cm³/mol. The highest BCUT2D eigenvalue weighted by molar-refractivity contribution is 6.39. The second-order valence-electron chi connectivity index (χ2n) is 5.58. The molecule has 122 valence electrons. The minimum Gasteiger partial charge on any atom is -0.337 e. The van der Waals surface area contributed by atoms with Crippen LogP contribution in [-0.4, -0.2) is 61.0 Å². The third kappa shape index (κ3) is 3.69. The number of nitrogens with one attached hydrogen (secondary N) is 1. The second-order valence-corrected chi connectivity index (χ2v) is 6.39. The third-order valence-electron chi connectivity index (χ3n) is 4.30. The molecule has 0 aliphatic carbocycles. The molecule has 0 spiro atoms. The first kappa shape index (κ1) is 17.8. The molecule has 22 heavy (non-hydrogen) atoms. The van der Waals surface area contributed by atoms with Crippen molar-refractivity contribution in [1.29, 1.82) is 0 Å². The van der Waals surface area contributed by atoms with E-state index in [0.29, 0.717) is 21.7 Å². The van der Waals surface area contributed by atoms with Crippen LogP contribution < -0.4 is 5.32 Å². The molecule has 1 aromatic carbocycles. The van der Waals surface area contributed by atoms with E-state index < -0.39 is 0 Å². The molecular weight excluding hydrogens is 345 g/mol. The van der Waals surface area contributed by atoms with E-state index in [1.54, 1.807) is 18.2 Å². The molecule has 2 aliphatic rings. The molecule has 2 heterocycles. The molecule has 3 rings (SSSR count). The average Bonchev–Trinajstić information content (AvgIpc) is 2.97. The molecule has 1 N–H and O–H groups in total. The minimum atomic E-state index is -0.0526. The van der Waals surface area contributed by atoms with E-state index in [1.165, 1.54) is 0 Å². The lowest BCUT2D eigenvalue weighted by molar-refractivity contribution is 0.0774. The number of halogens is 3. The Balaban J connectivity index is 0.00000176. The van der Waals surface area contributed by atoms with Crippen LogP contribution in [0.15, 0.2) is 18.2 Å². The predicted octanol–water partition coefficient (Wildman–Crippen LogP) is 2.53. The maximum atomic E-state index is 12.6. The van der Waals surface area contributed by atoms with E-state index >= 15 is 0 Å². The van der Waals surface area contributed by atoms with Crippen LogP contribution in [-0.2, 0) is 0 Å². The molecule has 0 bridgehead atoms. The second kappa shape index (κ2) is 7.84. The van der Waals surface area contributed by atoms with Crippen LogP contribution >= 0.6 is 35.6 Å². The highest BCUT2D eigenvalue weighted by Crippen LogP contribution is 2.27. The van der Waals surface area contributed by atoms with Crippen LogP contribution in [0.1, 0.15) is 16.8 Å². The molecule has 1 unspecified atom stereocenters. The Hall–Kier alpha value is -0.520. The minimum absolute atomic E-state index is 0. The number of rotatable bonds is 2. The third-order valence-corrected chi connectivity index (χ3v) is 4.93. The van der Waals surface area contributed by atoms with Gasteiger partial charge in [-0.15, -0.1) is 12.4 Å². The standard InChI is InChI=1S/C15H19Cl2N3O.ClH/c16-12-2-1-3-13(17)14(12)15(21)20-7-4-11(10-20)19-8-5-18-6-9-19;/h1-3,11,18H,4-10H2;1H. The number of likely N-dealkylation sites (tertiary alicyclic amines) is 1. The number of carbonyl (C=O) groups excluding carboxylic acids is 1. The number of piperazine rings is 1. The summed E-state index contributed by atoms with van der Waals surface area (Å²) < 4.78 is 0. The molecule has 4 nitrogen and oxygen atoms in total. The molecule has 2 fully saturated rings. The van der Waals surface area contributed by atoms with Gasteiger partial charge in [-0.2, -0.15) is 0 Å². The Labute approximate surface area is 147 Å². The Morgan fingerprint density at radius 1 is 1.14 bits per heavy atom. The molecular formula is C15H20Cl3N3O. The summed E-state index contributed by atoms with van der Waals surface area (Å²) in [5.41, 5.74) is 0.432. The molecule has 1 amide bonds. The molecule has 0 saturated carbocycles. The highest BCUT2D eigenvalue weighted by atomic mass is 35.5. The zero-order valence-corrected chi connectivity index (χ0v) is 14.6. The lowest BCUT2D eigenvalue weighted by Gasteiger charge is -2.32. The van der Waals surface area contributed by atoms with Gasteiger partial charge in [0, 0.05) is 45.3 Å². The van der Waals surface area contributed by atoms with Gasteiger partial charge in [-0.05, 0) is 18.6 Å². The van der Waals surface area contributed by atoms with Crippen molar-refractivity contribution in [3.8, 4) is 0 Å². The van der Waals surface area contributed by atoms with E-state index in [2.05, 4.69) is 10.2 Å². The quantitative estimate of drug-likeness (QED) is 0.876. The number of amides is 1. The molecule has 2 aliphatic heterocycles. The lowest BCUT2D eigenvalue weighted by atomic mass is 10.2. The van der Waals surface area contributed by atoms with E-state index in [1.807, 2.05) is 4.90 Å². The van der Waals surface area contributed by atoms with Crippen molar-refractivity contribution >= 4 is 41.5 Å². The average molecular weight is 365 g/mol. The van der Waals surface area contributed by atoms with Crippen LogP contribution in [0.3, 0.4) is 0 Å². The van der Waals surface area contributed by atoms with Crippen LogP contribution in [0.5, 0.6) is 0 Å². The molecule has 7 heteroatoms. The fourth-order valence-electron chi connectivity index (χ4n) is 3.13. The zero-order valence-electron chi connectivity index (χ0n) is 12.2. The summed E-state index contributed by atoms with van der Waals surface area (Å²) in [5.74, 6) is -0.0526. The summed E-state index contributed by atoms with van der Waals surface area (Å²) >= 11 is 12.3.